The molecule has 2 heterocycles. The third-order valence-corrected chi connectivity index (χ3v) is 4.12. The van der Waals surface area contributed by atoms with Gasteiger partial charge in [-0.15, -0.1) is 0 Å². The molecule has 112 valence electrons. The maximum absolute atomic E-state index is 12.6. The van der Waals surface area contributed by atoms with Gasteiger partial charge in [-0.1, -0.05) is 0 Å². The van der Waals surface area contributed by atoms with Gasteiger partial charge in [0, 0.05) is 25.7 Å². The van der Waals surface area contributed by atoms with E-state index in [1.807, 2.05) is 0 Å². The first kappa shape index (κ1) is 13.9. The summed E-state index contributed by atoms with van der Waals surface area (Å²) in [6.45, 7) is 1.37. The Morgan fingerprint density at radius 2 is 2.19 bits per heavy atom. The van der Waals surface area contributed by atoms with Gasteiger partial charge in [-0.05, 0) is 31.5 Å². The molecule has 1 fully saturated rings. The molecule has 1 aliphatic heterocycles. The predicted molar refractivity (Wildman–Crippen MR) is 81.0 cm³/mol. The Morgan fingerprint density at radius 3 is 2.86 bits per heavy atom. The zero-order valence-electron chi connectivity index (χ0n) is 12.3. The number of ether oxygens (including phenoxy) is 1. The summed E-state index contributed by atoms with van der Waals surface area (Å²) in [5, 5.41) is 3.86. The molecule has 21 heavy (non-hydrogen) atoms. The summed E-state index contributed by atoms with van der Waals surface area (Å²) in [5.74, 6) is 0.632. The minimum atomic E-state index is -0.283. The first-order chi connectivity index (χ1) is 10.1. The van der Waals surface area contributed by atoms with E-state index in [0.717, 1.165) is 19.4 Å². The fourth-order valence-electron chi connectivity index (χ4n) is 2.91. The summed E-state index contributed by atoms with van der Waals surface area (Å²) in [5.41, 5.74) is 0.0823. The van der Waals surface area contributed by atoms with Crippen LogP contribution in [-0.2, 0) is 13.6 Å². The number of rotatable bonds is 3. The SMILES string of the molecule is COc1ccc2c(=O)n(CC3CCCN3)c(=O)n(C)c2c1. The third-order valence-electron chi connectivity index (χ3n) is 4.12. The summed E-state index contributed by atoms with van der Waals surface area (Å²) in [6, 6.07) is 5.38. The highest BCUT2D eigenvalue weighted by molar-refractivity contribution is 5.79. The highest BCUT2D eigenvalue weighted by Crippen LogP contribution is 2.16. The minimum absolute atomic E-state index is 0.200. The second-order valence-electron chi connectivity index (χ2n) is 5.43. The minimum Gasteiger partial charge on any atom is -0.497 e. The number of benzene rings is 1. The normalized spacial score (nSPS) is 18.3. The lowest BCUT2D eigenvalue weighted by molar-refractivity contribution is 0.415. The second kappa shape index (κ2) is 5.37. The van der Waals surface area contributed by atoms with Crippen LogP contribution in [0.1, 0.15) is 12.8 Å². The summed E-state index contributed by atoms with van der Waals surface area (Å²) >= 11 is 0. The zero-order valence-corrected chi connectivity index (χ0v) is 12.3. The molecule has 0 spiro atoms. The highest BCUT2D eigenvalue weighted by atomic mass is 16.5. The average Bonchev–Trinajstić information content (AvgIpc) is 3.02. The van der Waals surface area contributed by atoms with Gasteiger partial charge >= 0.3 is 5.69 Å². The summed E-state index contributed by atoms with van der Waals surface area (Å²) in [7, 11) is 3.24. The van der Waals surface area contributed by atoms with E-state index in [-0.39, 0.29) is 17.3 Å². The lowest BCUT2D eigenvalue weighted by Crippen LogP contribution is -2.43. The van der Waals surface area contributed by atoms with Gasteiger partial charge in [0.2, 0.25) is 0 Å². The van der Waals surface area contributed by atoms with Gasteiger partial charge < -0.3 is 10.1 Å². The number of hydrogen-bond donors (Lipinski definition) is 1. The molecular formula is C15H19N3O3. The number of nitrogens with zero attached hydrogens (tertiary/aromatic N) is 2. The van der Waals surface area contributed by atoms with Crippen LogP contribution < -0.4 is 21.3 Å². The summed E-state index contributed by atoms with van der Waals surface area (Å²) in [6.07, 6.45) is 2.08. The van der Waals surface area contributed by atoms with Gasteiger partial charge in [-0.25, -0.2) is 4.79 Å². The number of aromatic nitrogens is 2. The topological polar surface area (TPSA) is 65.3 Å². The molecule has 0 bridgehead atoms. The van der Waals surface area contributed by atoms with Gasteiger partial charge in [-0.3, -0.25) is 13.9 Å². The van der Waals surface area contributed by atoms with Crippen LogP contribution in [-0.4, -0.2) is 28.8 Å². The van der Waals surface area contributed by atoms with E-state index in [4.69, 9.17) is 4.74 Å². The predicted octanol–water partition coefficient (Wildman–Crippen LogP) is 0.461. The van der Waals surface area contributed by atoms with Crippen LogP contribution >= 0.6 is 0 Å². The molecule has 0 amide bonds. The van der Waals surface area contributed by atoms with Crippen molar-refractivity contribution >= 4 is 10.9 Å². The molecule has 1 saturated heterocycles. The molecule has 0 radical (unpaired) electrons. The first-order valence-electron chi connectivity index (χ1n) is 7.13. The van der Waals surface area contributed by atoms with Crippen LogP contribution in [0.25, 0.3) is 10.9 Å². The molecule has 1 aromatic heterocycles. The van der Waals surface area contributed by atoms with Crippen molar-refractivity contribution in [2.24, 2.45) is 7.05 Å². The van der Waals surface area contributed by atoms with E-state index in [1.54, 1.807) is 32.4 Å². The molecule has 6 heteroatoms. The molecule has 1 aromatic carbocycles. The summed E-state index contributed by atoms with van der Waals surface area (Å²) < 4.78 is 8.00. The van der Waals surface area contributed by atoms with Gasteiger partial charge in [0.25, 0.3) is 5.56 Å². The molecule has 1 N–H and O–H groups in total. The fraction of sp³-hybridized carbons (Fsp3) is 0.467. The number of hydrogen-bond acceptors (Lipinski definition) is 4. The lowest BCUT2D eigenvalue weighted by Gasteiger charge is -2.15. The van der Waals surface area contributed by atoms with E-state index in [2.05, 4.69) is 5.32 Å². The van der Waals surface area contributed by atoms with Crippen molar-refractivity contribution in [1.29, 1.82) is 0 Å². The molecule has 6 nitrogen and oxygen atoms in total. The molecule has 1 atom stereocenters. The molecule has 1 aliphatic rings. The number of nitrogens with one attached hydrogen (secondary N) is 1. The smallest absolute Gasteiger partial charge is 0.331 e. The lowest BCUT2D eigenvalue weighted by atomic mass is 10.2. The van der Waals surface area contributed by atoms with Crippen LogP contribution in [0.4, 0.5) is 0 Å². The second-order valence-corrected chi connectivity index (χ2v) is 5.43. The molecule has 0 saturated carbocycles. The van der Waals surface area contributed by atoms with Crippen LogP contribution in [0.3, 0.4) is 0 Å². The molecule has 1 unspecified atom stereocenters. The Morgan fingerprint density at radius 1 is 1.38 bits per heavy atom. The number of aryl methyl sites for hydroxylation is 1. The summed E-state index contributed by atoms with van der Waals surface area (Å²) in [4.78, 5) is 25.0. The Hall–Kier alpha value is -2.08. The maximum Gasteiger partial charge on any atom is 0.331 e. The monoisotopic (exact) mass is 289 g/mol. The van der Waals surface area contributed by atoms with E-state index < -0.39 is 0 Å². The number of methoxy groups -OCH3 is 1. The Bertz CT molecular complexity index is 785. The Labute approximate surface area is 122 Å². The van der Waals surface area contributed by atoms with Crippen LogP contribution in [0.15, 0.2) is 27.8 Å². The van der Waals surface area contributed by atoms with Crippen molar-refractivity contribution in [1.82, 2.24) is 14.5 Å². The van der Waals surface area contributed by atoms with E-state index in [1.165, 1.54) is 9.13 Å². The van der Waals surface area contributed by atoms with E-state index >= 15 is 0 Å². The maximum atomic E-state index is 12.6. The number of fused-ring (bicyclic) bond motifs is 1. The van der Waals surface area contributed by atoms with Crippen LogP contribution in [0.5, 0.6) is 5.75 Å². The van der Waals surface area contributed by atoms with E-state index in [9.17, 15) is 9.59 Å². The van der Waals surface area contributed by atoms with E-state index in [0.29, 0.717) is 23.2 Å². The van der Waals surface area contributed by atoms with Gasteiger partial charge in [-0.2, -0.15) is 0 Å². The Balaban J connectivity index is 2.17. The third kappa shape index (κ3) is 2.35. The Kier molecular flexibility index (Phi) is 3.55. The van der Waals surface area contributed by atoms with Crippen molar-refractivity contribution in [3.8, 4) is 5.75 Å². The standard InChI is InChI=1S/C15H19N3O3/c1-17-13-8-11(21-2)5-6-12(13)14(19)18(15(17)20)9-10-4-3-7-16-10/h5-6,8,10,16H,3-4,7,9H2,1-2H3. The van der Waals surface area contributed by atoms with Crippen molar-refractivity contribution < 1.29 is 4.74 Å². The molecule has 0 aliphatic carbocycles. The van der Waals surface area contributed by atoms with Gasteiger partial charge in [0.05, 0.1) is 18.0 Å². The molecular weight excluding hydrogens is 270 g/mol. The highest BCUT2D eigenvalue weighted by Gasteiger charge is 2.18. The van der Waals surface area contributed by atoms with Gasteiger partial charge in [0.15, 0.2) is 0 Å². The van der Waals surface area contributed by atoms with Crippen molar-refractivity contribution in [2.75, 3.05) is 13.7 Å². The van der Waals surface area contributed by atoms with Crippen LogP contribution in [0.2, 0.25) is 0 Å². The van der Waals surface area contributed by atoms with Gasteiger partial charge in [0.1, 0.15) is 5.75 Å². The van der Waals surface area contributed by atoms with Crippen molar-refractivity contribution in [2.45, 2.75) is 25.4 Å². The average molecular weight is 289 g/mol. The largest absolute Gasteiger partial charge is 0.497 e. The zero-order chi connectivity index (χ0) is 15.0. The van der Waals surface area contributed by atoms with Crippen molar-refractivity contribution in [3.05, 3.63) is 39.0 Å². The quantitative estimate of drug-likeness (QED) is 0.891. The molecule has 3 rings (SSSR count). The fourth-order valence-corrected chi connectivity index (χ4v) is 2.91. The molecule has 2 aromatic rings. The van der Waals surface area contributed by atoms with Crippen LogP contribution in [0, 0.1) is 0 Å². The first-order valence-corrected chi connectivity index (χ1v) is 7.13. The van der Waals surface area contributed by atoms with Crippen molar-refractivity contribution in [3.63, 3.8) is 0 Å².